The molecule has 2 nitrogen and oxygen atoms in total. The van der Waals surface area contributed by atoms with Crippen LogP contribution in [0.2, 0.25) is 0 Å². The fourth-order valence-electron chi connectivity index (χ4n) is 1.90. The summed E-state index contributed by atoms with van der Waals surface area (Å²) in [5.74, 6) is 0. The highest BCUT2D eigenvalue weighted by atomic mass is 16.5. The number of hydrogen-bond donors (Lipinski definition) is 1. The van der Waals surface area contributed by atoms with Crippen LogP contribution < -0.4 is 5.32 Å². The van der Waals surface area contributed by atoms with Gasteiger partial charge < -0.3 is 10.1 Å². The topological polar surface area (TPSA) is 21.3 Å². The highest BCUT2D eigenvalue weighted by molar-refractivity contribution is 4.98. The molecule has 0 aromatic carbocycles. The summed E-state index contributed by atoms with van der Waals surface area (Å²) in [5, 5.41) is 3.61. The fourth-order valence-corrected chi connectivity index (χ4v) is 1.90. The molecule has 0 aromatic rings. The SMILES string of the molecule is CCC1CNC2(CCC2)CO1. The van der Waals surface area contributed by atoms with Crippen LogP contribution in [0.4, 0.5) is 0 Å². The van der Waals surface area contributed by atoms with Crippen molar-refractivity contribution < 1.29 is 4.74 Å². The fraction of sp³-hybridized carbons (Fsp3) is 1.00. The molecule has 1 aliphatic heterocycles. The third kappa shape index (κ3) is 1.30. The maximum Gasteiger partial charge on any atom is 0.0698 e. The normalized spacial score (nSPS) is 35.2. The van der Waals surface area contributed by atoms with E-state index in [4.69, 9.17) is 4.74 Å². The number of morpholine rings is 1. The molecule has 1 unspecified atom stereocenters. The Bertz CT molecular complexity index is 132. The maximum atomic E-state index is 5.72. The van der Waals surface area contributed by atoms with Gasteiger partial charge in [0.2, 0.25) is 0 Å². The summed E-state index contributed by atoms with van der Waals surface area (Å²) in [5.41, 5.74) is 0.408. The summed E-state index contributed by atoms with van der Waals surface area (Å²) in [6, 6.07) is 0. The predicted molar refractivity (Wildman–Crippen MR) is 44.6 cm³/mol. The summed E-state index contributed by atoms with van der Waals surface area (Å²) >= 11 is 0. The highest BCUT2D eigenvalue weighted by Crippen LogP contribution is 2.34. The van der Waals surface area contributed by atoms with Gasteiger partial charge in [0.15, 0.2) is 0 Å². The lowest BCUT2D eigenvalue weighted by Gasteiger charge is -2.47. The molecule has 2 heteroatoms. The van der Waals surface area contributed by atoms with Gasteiger partial charge in [0, 0.05) is 12.1 Å². The van der Waals surface area contributed by atoms with E-state index >= 15 is 0 Å². The monoisotopic (exact) mass is 155 g/mol. The Hall–Kier alpha value is -0.0800. The lowest BCUT2D eigenvalue weighted by atomic mass is 9.76. The molecule has 1 N–H and O–H groups in total. The molecule has 1 atom stereocenters. The summed E-state index contributed by atoms with van der Waals surface area (Å²) in [6.07, 6.45) is 5.64. The largest absolute Gasteiger partial charge is 0.375 e. The summed E-state index contributed by atoms with van der Waals surface area (Å²) in [6.45, 7) is 4.20. The Morgan fingerprint density at radius 2 is 2.36 bits per heavy atom. The molecule has 0 radical (unpaired) electrons. The number of ether oxygens (including phenoxy) is 1. The standard InChI is InChI=1S/C9H17NO/c1-2-8-6-10-9(7-11-8)4-3-5-9/h8,10H,2-7H2,1H3. The molecule has 1 saturated carbocycles. The second-order valence-corrected chi connectivity index (χ2v) is 3.86. The van der Waals surface area contributed by atoms with Crippen molar-refractivity contribution in [1.29, 1.82) is 0 Å². The molecular formula is C9H17NO. The van der Waals surface area contributed by atoms with Gasteiger partial charge in [-0.15, -0.1) is 0 Å². The van der Waals surface area contributed by atoms with Gasteiger partial charge in [-0.3, -0.25) is 0 Å². The van der Waals surface area contributed by atoms with Crippen LogP contribution in [0.3, 0.4) is 0 Å². The van der Waals surface area contributed by atoms with E-state index in [9.17, 15) is 0 Å². The van der Waals surface area contributed by atoms with Crippen molar-refractivity contribution in [3.8, 4) is 0 Å². The maximum absolute atomic E-state index is 5.72. The van der Waals surface area contributed by atoms with Gasteiger partial charge in [-0.2, -0.15) is 0 Å². The van der Waals surface area contributed by atoms with E-state index < -0.39 is 0 Å². The van der Waals surface area contributed by atoms with Gasteiger partial charge >= 0.3 is 0 Å². The van der Waals surface area contributed by atoms with Crippen LogP contribution >= 0.6 is 0 Å². The molecule has 2 aliphatic rings. The van der Waals surface area contributed by atoms with Crippen molar-refractivity contribution in [2.75, 3.05) is 13.2 Å². The molecule has 1 heterocycles. The van der Waals surface area contributed by atoms with E-state index in [1.165, 1.54) is 19.3 Å². The molecule has 0 aromatic heterocycles. The molecule has 2 fully saturated rings. The van der Waals surface area contributed by atoms with Crippen molar-refractivity contribution in [2.24, 2.45) is 0 Å². The third-order valence-electron chi connectivity index (χ3n) is 3.07. The van der Waals surface area contributed by atoms with Gasteiger partial charge in [-0.25, -0.2) is 0 Å². The Balaban J connectivity index is 1.84. The molecule has 64 valence electrons. The number of nitrogens with one attached hydrogen (secondary N) is 1. The second-order valence-electron chi connectivity index (χ2n) is 3.86. The van der Waals surface area contributed by atoms with Crippen LogP contribution in [-0.4, -0.2) is 24.8 Å². The van der Waals surface area contributed by atoms with Crippen molar-refractivity contribution in [2.45, 2.75) is 44.2 Å². The highest BCUT2D eigenvalue weighted by Gasteiger charge is 2.40. The van der Waals surface area contributed by atoms with Crippen LogP contribution in [0.1, 0.15) is 32.6 Å². The number of hydrogen-bond acceptors (Lipinski definition) is 2. The zero-order valence-corrected chi connectivity index (χ0v) is 7.23. The van der Waals surface area contributed by atoms with E-state index in [0.29, 0.717) is 11.6 Å². The minimum atomic E-state index is 0.408. The van der Waals surface area contributed by atoms with E-state index in [0.717, 1.165) is 19.6 Å². The smallest absolute Gasteiger partial charge is 0.0698 e. The Labute approximate surface area is 68.3 Å². The third-order valence-corrected chi connectivity index (χ3v) is 3.07. The summed E-state index contributed by atoms with van der Waals surface area (Å²) < 4.78 is 5.72. The second kappa shape index (κ2) is 2.76. The summed E-state index contributed by atoms with van der Waals surface area (Å²) in [7, 11) is 0. The molecule has 1 aliphatic carbocycles. The van der Waals surface area contributed by atoms with Crippen LogP contribution in [0.5, 0.6) is 0 Å². The average Bonchev–Trinajstić information content (AvgIpc) is 2.02. The van der Waals surface area contributed by atoms with Crippen molar-refractivity contribution in [3.05, 3.63) is 0 Å². The van der Waals surface area contributed by atoms with Gasteiger partial charge in [0.25, 0.3) is 0 Å². The van der Waals surface area contributed by atoms with Crippen molar-refractivity contribution >= 4 is 0 Å². The van der Waals surface area contributed by atoms with Crippen LogP contribution in [0.15, 0.2) is 0 Å². The minimum absolute atomic E-state index is 0.408. The van der Waals surface area contributed by atoms with Crippen molar-refractivity contribution in [3.63, 3.8) is 0 Å². The zero-order chi connectivity index (χ0) is 7.73. The van der Waals surface area contributed by atoms with Gasteiger partial charge in [0.1, 0.15) is 0 Å². The Kier molecular flexibility index (Phi) is 1.90. The quantitative estimate of drug-likeness (QED) is 0.616. The molecule has 0 bridgehead atoms. The Morgan fingerprint density at radius 3 is 2.73 bits per heavy atom. The number of rotatable bonds is 1. The molecule has 0 amide bonds. The zero-order valence-electron chi connectivity index (χ0n) is 7.23. The predicted octanol–water partition coefficient (Wildman–Crippen LogP) is 1.31. The first kappa shape index (κ1) is 7.56. The lowest BCUT2D eigenvalue weighted by molar-refractivity contribution is -0.0611. The van der Waals surface area contributed by atoms with E-state index in [2.05, 4.69) is 12.2 Å². The molecule has 1 spiro atoms. The first-order valence-corrected chi connectivity index (χ1v) is 4.71. The minimum Gasteiger partial charge on any atom is -0.375 e. The first-order chi connectivity index (χ1) is 5.35. The van der Waals surface area contributed by atoms with Gasteiger partial charge in [0.05, 0.1) is 12.7 Å². The summed E-state index contributed by atoms with van der Waals surface area (Å²) in [4.78, 5) is 0. The first-order valence-electron chi connectivity index (χ1n) is 4.71. The molecule has 1 saturated heterocycles. The lowest BCUT2D eigenvalue weighted by Crippen LogP contribution is -2.60. The van der Waals surface area contributed by atoms with Crippen LogP contribution in [0.25, 0.3) is 0 Å². The van der Waals surface area contributed by atoms with E-state index in [1.807, 2.05) is 0 Å². The van der Waals surface area contributed by atoms with Gasteiger partial charge in [-0.1, -0.05) is 6.92 Å². The van der Waals surface area contributed by atoms with Gasteiger partial charge in [-0.05, 0) is 25.7 Å². The van der Waals surface area contributed by atoms with E-state index in [-0.39, 0.29) is 0 Å². The Morgan fingerprint density at radius 1 is 1.55 bits per heavy atom. The van der Waals surface area contributed by atoms with Crippen molar-refractivity contribution in [1.82, 2.24) is 5.32 Å². The van der Waals surface area contributed by atoms with E-state index in [1.54, 1.807) is 0 Å². The molecule has 2 rings (SSSR count). The average molecular weight is 155 g/mol. The molecular weight excluding hydrogens is 138 g/mol. The van der Waals surface area contributed by atoms with Crippen LogP contribution in [0, 0.1) is 0 Å². The van der Waals surface area contributed by atoms with Crippen LogP contribution in [-0.2, 0) is 4.74 Å². The molecule has 11 heavy (non-hydrogen) atoms.